The van der Waals surface area contributed by atoms with Crippen LogP contribution in [0.5, 0.6) is 0 Å². The maximum absolute atomic E-state index is 12.7. The Hall–Kier alpha value is -3.70. The summed E-state index contributed by atoms with van der Waals surface area (Å²) < 4.78 is 10.9. The van der Waals surface area contributed by atoms with E-state index in [9.17, 15) is 4.79 Å². The molecule has 0 bridgehead atoms. The van der Waals surface area contributed by atoms with Crippen LogP contribution in [0, 0.1) is 0 Å². The molecule has 11 heteroatoms. The molecule has 3 aromatic heterocycles. The molecule has 37 heavy (non-hydrogen) atoms. The average Bonchev–Trinajstić information content (AvgIpc) is 3.51. The van der Waals surface area contributed by atoms with Crippen molar-refractivity contribution in [3.8, 4) is 0 Å². The fourth-order valence-electron chi connectivity index (χ4n) is 4.53. The van der Waals surface area contributed by atoms with Crippen LogP contribution in [0.25, 0.3) is 11.0 Å². The Morgan fingerprint density at radius 1 is 0.865 bits per heavy atom. The topological polar surface area (TPSA) is 101 Å². The van der Waals surface area contributed by atoms with Gasteiger partial charge in [0.2, 0.25) is 5.95 Å². The van der Waals surface area contributed by atoms with Gasteiger partial charge in [0.25, 0.3) is 5.91 Å². The zero-order valence-electron chi connectivity index (χ0n) is 20.3. The number of hydrogen-bond acceptors (Lipinski definition) is 10. The number of aromatic nitrogens is 4. The molecule has 0 aliphatic carbocycles. The normalized spacial score (nSPS) is 16.4. The van der Waals surface area contributed by atoms with Crippen molar-refractivity contribution < 1.29 is 13.9 Å². The molecule has 2 aliphatic heterocycles. The summed E-state index contributed by atoms with van der Waals surface area (Å²) in [6, 6.07) is 13.8. The lowest BCUT2D eigenvalue weighted by Crippen LogP contribution is -2.49. The number of carbonyl (C=O) groups is 1. The van der Waals surface area contributed by atoms with Crippen LogP contribution in [0.4, 0.5) is 11.8 Å². The fourth-order valence-corrected chi connectivity index (χ4v) is 5.43. The first-order chi connectivity index (χ1) is 18.3. The summed E-state index contributed by atoms with van der Waals surface area (Å²) >= 11 is 1.65. The third-order valence-corrected chi connectivity index (χ3v) is 7.58. The van der Waals surface area contributed by atoms with Crippen LogP contribution in [0.15, 0.2) is 64.5 Å². The van der Waals surface area contributed by atoms with E-state index in [0.717, 1.165) is 40.7 Å². The minimum atomic E-state index is -0.0916. The van der Waals surface area contributed by atoms with E-state index in [1.807, 2.05) is 23.1 Å². The van der Waals surface area contributed by atoms with E-state index in [4.69, 9.17) is 19.1 Å². The number of piperazine rings is 1. The number of rotatable bonds is 6. The molecule has 190 valence electrons. The van der Waals surface area contributed by atoms with Crippen LogP contribution in [0.3, 0.4) is 0 Å². The summed E-state index contributed by atoms with van der Waals surface area (Å²) in [7, 11) is 0. The molecule has 2 aliphatic rings. The van der Waals surface area contributed by atoms with Gasteiger partial charge >= 0.3 is 0 Å². The molecule has 2 saturated heterocycles. The lowest BCUT2D eigenvalue weighted by molar-refractivity contribution is 0.0714. The van der Waals surface area contributed by atoms with Crippen molar-refractivity contribution in [1.29, 1.82) is 0 Å². The van der Waals surface area contributed by atoms with Gasteiger partial charge in [-0.1, -0.05) is 42.1 Å². The van der Waals surface area contributed by atoms with E-state index in [-0.39, 0.29) is 5.91 Å². The molecule has 0 spiro atoms. The number of hydrogen-bond donors (Lipinski definition) is 0. The highest BCUT2D eigenvalue weighted by Crippen LogP contribution is 2.32. The summed E-state index contributed by atoms with van der Waals surface area (Å²) in [4.78, 5) is 38.0. The van der Waals surface area contributed by atoms with Crippen molar-refractivity contribution in [2.75, 3.05) is 62.3 Å². The molecule has 4 aromatic rings. The number of amides is 1. The zero-order chi connectivity index (χ0) is 25.0. The quantitative estimate of drug-likeness (QED) is 0.280. The highest BCUT2D eigenvalue weighted by atomic mass is 32.2. The molecule has 6 rings (SSSR count). The second-order valence-corrected chi connectivity index (χ2v) is 9.82. The Bertz CT molecular complexity index is 1360. The first kappa shape index (κ1) is 23.7. The van der Waals surface area contributed by atoms with Gasteiger partial charge in [0, 0.05) is 45.0 Å². The van der Waals surface area contributed by atoms with E-state index in [2.05, 4.69) is 31.9 Å². The minimum Gasteiger partial charge on any atom is -0.459 e. The van der Waals surface area contributed by atoms with E-state index in [0.29, 0.717) is 51.1 Å². The summed E-state index contributed by atoms with van der Waals surface area (Å²) in [6.07, 6.45) is 3.12. The highest BCUT2D eigenvalue weighted by molar-refractivity contribution is 7.98. The van der Waals surface area contributed by atoms with Crippen LogP contribution < -0.4 is 9.80 Å². The van der Waals surface area contributed by atoms with Gasteiger partial charge in [0.05, 0.1) is 19.5 Å². The number of furan rings is 1. The lowest BCUT2D eigenvalue weighted by atomic mass is 10.2. The second kappa shape index (κ2) is 10.7. The van der Waals surface area contributed by atoms with Crippen LogP contribution >= 0.6 is 11.8 Å². The van der Waals surface area contributed by atoms with Crippen LogP contribution in [0.1, 0.15) is 16.1 Å². The Labute approximate surface area is 218 Å². The molecule has 0 unspecified atom stereocenters. The smallest absolute Gasteiger partial charge is 0.289 e. The lowest BCUT2D eigenvalue weighted by Gasteiger charge is -2.35. The van der Waals surface area contributed by atoms with Gasteiger partial charge in [-0.15, -0.1) is 0 Å². The number of nitrogens with zero attached hydrogens (tertiary/aromatic N) is 7. The van der Waals surface area contributed by atoms with Crippen molar-refractivity contribution in [3.05, 3.63) is 66.4 Å². The number of morpholine rings is 1. The predicted octanol–water partition coefficient (Wildman–Crippen LogP) is 3.10. The van der Waals surface area contributed by atoms with Gasteiger partial charge < -0.3 is 23.9 Å². The average molecular weight is 518 g/mol. The molecule has 0 saturated carbocycles. The largest absolute Gasteiger partial charge is 0.459 e. The molecule has 0 radical (unpaired) electrons. The van der Waals surface area contributed by atoms with E-state index in [1.165, 1.54) is 11.8 Å². The van der Waals surface area contributed by atoms with Gasteiger partial charge in [-0.25, -0.2) is 15.0 Å². The van der Waals surface area contributed by atoms with Gasteiger partial charge in [0.1, 0.15) is 22.4 Å². The van der Waals surface area contributed by atoms with Gasteiger partial charge in [-0.2, -0.15) is 4.98 Å². The monoisotopic (exact) mass is 517 g/mol. The summed E-state index contributed by atoms with van der Waals surface area (Å²) in [5.74, 6) is 2.50. The number of fused-ring (bicyclic) bond motifs is 1. The second-order valence-electron chi connectivity index (χ2n) is 8.85. The zero-order valence-corrected chi connectivity index (χ0v) is 21.1. The first-order valence-electron chi connectivity index (χ1n) is 12.4. The van der Waals surface area contributed by atoms with Gasteiger partial charge in [0.15, 0.2) is 11.6 Å². The van der Waals surface area contributed by atoms with Crippen LogP contribution in [-0.2, 0) is 10.5 Å². The van der Waals surface area contributed by atoms with Crippen molar-refractivity contribution >= 4 is 40.5 Å². The number of carbonyl (C=O) groups excluding carboxylic acids is 1. The summed E-state index contributed by atoms with van der Waals surface area (Å²) in [5.41, 5.74) is 2.73. The number of benzene rings is 1. The van der Waals surface area contributed by atoms with Gasteiger partial charge in [-0.3, -0.25) is 4.79 Å². The standard InChI is InChI=1S/C26H27N7O3S/c34-25(20-7-4-14-36-20)32-8-10-33(11-9-32)26-29-22-21(23(30-26)31-12-15-35-16-13-31)27-18-28-24(22)37-17-19-5-2-1-3-6-19/h1-7,14,18H,8-13,15-17H2. The van der Waals surface area contributed by atoms with Crippen molar-refractivity contribution in [2.24, 2.45) is 0 Å². The molecular formula is C26H27N7O3S. The SMILES string of the molecule is O=C(c1ccco1)N1CCN(c2nc(N3CCOCC3)c3ncnc(SCc4ccccc4)c3n2)CC1. The summed E-state index contributed by atoms with van der Waals surface area (Å²) in [5, 5.41) is 0.832. The third kappa shape index (κ3) is 5.09. The van der Waals surface area contributed by atoms with Crippen LogP contribution in [-0.4, -0.2) is 83.2 Å². The van der Waals surface area contributed by atoms with E-state index >= 15 is 0 Å². The molecule has 10 nitrogen and oxygen atoms in total. The number of thioether (sulfide) groups is 1. The maximum atomic E-state index is 12.7. The summed E-state index contributed by atoms with van der Waals surface area (Å²) in [6.45, 7) is 5.16. The minimum absolute atomic E-state index is 0.0916. The Morgan fingerprint density at radius 3 is 2.43 bits per heavy atom. The Morgan fingerprint density at radius 2 is 1.68 bits per heavy atom. The van der Waals surface area contributed by atoms with Crippen molar-refractivity contribution in [2.45, 2.75) is 10.8 Å². The van der Waals surface area contributed by atoms with Crippen LogP contribution in [0.2, 0.25) is 0 Å². The third-order valence-electron chi connectivity index (χ3n) is 6.53. The molecule has 1 aromatic carbocycles. The molecule has 1 amide bonds. The number of ether oxygens (including phenoxy) is 1. The Kier molecular flexibility index (Phi) is 6.87. The van der Waals surface area contributed by atoms with Crippen molar-refractivity contribution in [3.63, 3.8) is 0 Å². The molecule has 0 N–H and O–H groups in total. The van der Waals surface area contributed by atoms with E-state index < -0.39 is 0 Å². The fraction of sp³-hybridized carbons (Fsp3) is 0.346. The maximum Gasteiger partial charge on any atom is 0.289 e. The van der Waals surface area contributed by atoms with E-state index in [1.54, 1.807) is 30.2 Å². The molecule has 0 atom stereocenters. The highest BCUT2D eigenvalue weighted by Gasteiger charge is 2.27. The molecular weight excluding hydrogens is 490 g/mol. The molecule has 2 fully saturated rings. The predicted molar refractivity (Wildman–Crippen MR) is 141 cm³/mol. The first-order valence-corrected chi connectivity index (χ1v) is 13.3. The molecule has 5 heterocycles. The van der Waals surface area contributed by atoms with Gasteiger partial charge in [-0.05, 0) is 17.7 Å². The Balaban J connectivity index is 1.30. The van der Waals surface area contributed by atoms with Crippen molar-refractivity contribution in [1.82, 2.24) is 24.8 Å². The number of anilines is 2.